The second-order valence-electron chi connectivity index (χ2n) is 6.39. The lowest BCUT2D eigenvalue weighted by Crippen LogP contribution is -2.47. The maximum atomic E-state index is 13.5. The molecule has 1 aliphatic carbocycles. The van der Waals surface area contributed by atoms with Crippen LogP contribution < -0.4 is 0 Å². The second kappa shape index (κ2) is 7.63. The van der Waals surface area contributed by atoms with E-state index in [-0.39, 0.29) is 6.42 Å². The van der Waals surface area contributed by atoms with Gasteiger partial charge in [0.15, 0.2) is 0 Å². The van der Waals surface area contributed by atoms with Crippen molar-refractivity contribution in [1.82, 2.24) is 0 Å². The molecule has 0 heterocycles. The average Bonchev–Trinajstić information content (AvgIpc) is 2.59. The molecule has 0 saturated heterocycles. The molecule has 1 atom stereocenters. The van der Waals surface area contributed by atoms with Crippen LogP contribution in [0.25, 0.3) is 5.57 Å². The van der Waals surface area contributed by atoms with Gasteiger partial charge in [-0.1, -0.05) is 48.6 Å². The van der Waals surface area contributed by atoms with Gasteiger partial charge in [0.1, 0.15) is 6.42 Å². The van der Waals surface area contributed by atoms with Crippen molar-refractivity contribution in [3.05, 3.63) is 54.1 Å². The van der Waals surface area contributed by atoms with Crippen LogP contribution in [-0.2, 0) is 4.74 Å². The highest BCUT2D eigenvalue weighted by Gasteiger charge is 2.63. The quantitative estimate of drug-likeness (QED) is 0.640. The minimum Gasteiger partial charge on any atom is -0.395 e. The van der Waals surface area contributed by atoms with Gasteiger partial charge >= 0.3 is 18.2 Å². The molecular weight excluding hydrogens is 381 g/mol. The summed E-state index contributed by atoms with van der Waals surface area (Å²) < 4.78 is 93.8. The highest BCUT2D eigenvalue weighted by Crippen LogP contribution is 2.44. The van der Waals surface area contributed by atoms with E-state index in [1.165, 1.54) is 12.2 Å². The van der Waals surface area contributed by atoms with Gasteiger partial charge in [-0.2, -0.15) is 30.7 Å². The van der Waals surface area contributed by atoms with Crippen LogP contribution >= 0.6 is 0 Å². The van der Waals surface area contributed by atoms with Gasteiger partial charge in [-0.05, 0) is 17.6 Å². The molecule has 1 aromatic rings. The lowest BCUT2D eigenvalue weighted by Gasteiger charge is -2.34. The van der Waals surface area contributed by atoms with Crippen molar-refractivity contribution in [3.63, 3.8) is 0 Å². The Bertz CT molecular complexity index is 695. The minimum atomic E-state index is -5.48. The summed E-state index contributed by atoms with van der Waals surface area (Å²) in [6, 6.07) is 8.95. The van der Waals surface area contributed by atoms with Gasteiger partial charge in [0.05, 0.1) is 13.2 Å². The van der Waals surface area contributed by atoms with Gasteiger partial charge in [0, 0.05) is 5.41 Å². The van der Waals surface area contributed by atoms with Gasteiger partial charge in [0.2, 0.25) is 0 Å². The second-order valence-corrected chi connectivity index (χ2v) is 6.39. The SMILES string of the molecule is OCC1(COC(F)(F)C(F)(F)CC(F)(F)F)C=CC(c2ccccc2)=CC1. The number of allylic oxidation sites excluding steroid dienone is 3. The smallest absolute Gasteiger partial charge is 0.395 e. The number of aliphatic hydroxyl groups excluding tert-OH is 1. The van der Waals surface area contributed by atoms with Gasteiger partial charge in [-0.15, -0.1) is 0 Å². The zero-order valence-electron chi connectivity index (χ0n) is 13.9. The molecule has 0 aliphatic heterocycles. The number of rotatable bonds is 7. The van der Waals surface area contributed by atoms with E-state index in [9.17, 15) is 35.8 Å². The van der Waals surface area contributed by atoms with Crippen molar-refractivity contribution in [2.24, 2.45) is 5.41 Å². The van der Waals surface area contributed by atoms with Crippen molar-refractivity contribution in [3.8, 4) is 0 Å². The van der Waals surface area contributed by atoms with E-state index < -0.39 is 43.3 Å². The third-order valence-electron chi connectivity index (χ3n) is 4.16. The topological polar surface area (TPSA) is 29.5 Å². The van der Waals surface area contributed by atoms with Crippen LogP contribution in [0.4, 0.5) is 30.7 Å². The highest BCUT2D eigenvalue weighted by atomic mass is 19.4. The fourth-order valence-electron chi connectivity index (χ4n) is 2.53. The van der Waals surface area contributed by atoms with Crippen LogP contribution in [0.15, 0.2) is 48.6 Å². The summed E-state index contributed by atoms with van der Waals surface area (Å²) in [6.45, 7) is -1.78. The molecule has 2 rings (SSSR count). The molecular formula is C18H17F7O2. The van der Waals surface area contributed by atoms with Crippen LogP contribution in [0, 0.1) is 5.41 Å². The zero-order chi connectivity index (χ0) is 20.3. The normalized spacial score (nSPS) is 21.3. The molecule has 1 unspecified atom stereocenters. The van der Waals surface area contributed by atoms with E-state index in [2.05, 4.69) is 4.74 Å². The summed E-state index contributed by atoms with van der Waals surface area (Å²) in [5.41, 5.74) is 0.118. The summed E-state index contributed by atoms with van der Waals surface area (Å²) in [7, 11) is 0. The van der Waals surface area contributed by atoms with Gasteiger partial charge < -0.3 is 9.84 Å². The van der Waals surface area contributed by atoms with Gasteiger partial charge in [0.25, 0.3) is 0 Å². The third kappa shape index (κ3) is 5.32. The van der Waals surface area contributed by atoms with Crippen LogP contribution in [0.1, 0.15) is 18.4 Å². The minimum absolute atomic E-state index is 0.00878. The molecule has 0 spiro atoms. The lowest BCUT2D eigenvalue weighted by atomic mass is 9.80. The molecule has 9 heteroatoms. The van der Waals surface area contributed by atoms with Gasteiger partial charge in [-0.3, -0.25) is 0 Å². The zero-order valence-corrected chi connectivity index (χ0v) is 13.9. The summed E-state index contributed by atoms with van der Waals surface area (Å²) in [5, 5.41) is 9.51. The summed E-state index contributed by atoms with van der Waals surface area (Å²) >= 11 is 0. The molecule has 0 fully saturated rings. The fraction of sp³-hybridized carbons (Fsp3) is 0.444. The summed E-state index contributed by atoms with van der Waals surface area (Å²) in [6.07, 6.45) is -9.36. The first-order valence-corrected chi connectivity index (χ1v) is 7.92. The maximum absolute atomic E-state index is 13.5. The molecule has 0 radical (unpaired) electrons. The largest absolute Gasteiger partial charge is 0.419 e. The highest BCUT2D eigenvalue weighted by molar-refractivity contribution is 5.75. The Balaban J connectivity index is 2.07. The molecule has 0 saturated carbocycles. The number of benzene rings is 1. The molecule has 1 N–H and O–H groups in total. The molecule has 27 heavy (non-hydrogen) atoms. The van der Waals surface area contributed by atoms with Gasteiger partial charge in [-0.25, -0.2) is 0 Å². The first-order chi connectivity index (χ1) is 12.4. The molecule has 150 valence electrons. The number of ether oxygens (including phenoxy) is 1. The molecule has 1 aromatic carbocycles. The van der Waals surface area contributed by atoms with Crippen molar-refractivity contribution in [2.75, 3.05) is 13.2 Å². The first-order valence-electron chi connectivity index (χ1n) is 7.92. The van der Waals surface area contributed by atoms with E-state index in [0.717, 1.165) is 11.1 Å². The van der Waals surface area contributed by atoms with E-state index in [0.29, 0.717) is 0 Å². The summed E-state index contributed by atoms with van der Waals surface area (Å²) in [4.78, 5) is 0. The number of hydrogen-bond acceptors (Lipinski definition) is 2. The molecule has 1 aliphatic rings. The van der Waals surface area contributed by atoms with E-state index >= 15 is 0 Å². The van der Waals surface area contributed by atoms with Crippen molar-refractivity contribution in [1.29, 1.82) is 0 Å². The number of hydrogen-bond donors (Lipinski definition) is 1. The van der Waals surface area contributed by atoms with Crippen molar-refractivity contribution < 1.29 is 40.6 Å². The monoisotopic (exact) mass is 398 g/mol. The summed E-state index contributed by atoms with van der Waals surface area (Å²) in [5.74, 6) is -5.43. The Labute approximate surface area is 150 Å². The molecule has 0 amide bonds. The first kappa shape index (κ1) is 21.4. The van der Waals surface area contributed by atoms with Crippen LogP contribution in [0.3, 0.4) is 0 Å². The Hall–Kier alpha value is -1.87. The average molecular weight is 398 g/mol. The molecule has 0 bridgehead atoms. The van der Waals surface area contributed by atoms with E-state index in [1.807, 2.05) is 0 Å². The molecule has 2 nitrogen and oxygen atoms in total. The number of aliphatic hydroxyl groups is 1. The predicted molar refractivity (Wildman–Crippen MR) is 84.2 cm³/mol. The Kier molecular flexibility index (Phi) is 6.06. The van der Waals surface area contributed by atoms with Crippen molar-refractivity contribution >= 4 is 5.57 Å². The van der Waals surface area contributed by atoms with Crippen LogP contribution in [0.2, 0.25) is 0 Å². The maximum Gasteiger partial charge on any atom is 0.419 e. The Morgan fingerprint density at radius 3 is 2.11 bits per heavy atom. The fourth-order valence-corrected chi connectivity index (χ4v) is 2.53. The Morgan fingerprint density at radius 1 is 1.00 bits per heavy atom. The Morgan fingerprint density at radius 2 is 1.63 bits per heavy atom. The van der Waals surface area contributed by atoms with E-state index in [4.69, 9.17) is 0 Å². The standard InChI is InChI=1S/C18H17F7O2/c19-16(20,10-17(21,22)23)18(24,25)27-12-15(11-26)8-6-14(7-9-15)13-4-2-1-3-5-13/h1-8,26H,9-12H2. The van der Waals surface area contributed by atoms with Crippen LogP contribution in [-0.4, -0.2) is 36.5 Å². The lowest BCUT2D eigenvalue weighted by molar-refractivity contribution is -0.370. The number of halogens is 7. The van der Waals surface area contributed by atoms with Crippen molar-refractivity contribution in [2.45, 2.75) is 31.0 Å². The van der Waals surface area contributed by atoms with Crippen LogP contribution in [0.5, 0.6) is 0 Å². The molecule has 0 aromatic heterocycles. The number of alkyl halides is 7. The third-order valence-corrected chi connectivity index (χ3v) is 4.16. The van der Waals surface area contributed by atoms with E-state index in [1.54, 1.807) is 36.4 Å². The predicted octanol–water partition coefficient (Wildman–Crippen LogP) is 5.21.